The molecule has 2 heterocycles. The fourth-order valence-corrected chi connectivity index (χ4v) is 5.56. The van der Waals surface area contributed by atoms with Crippen LogP contribution in [0.15, 0.2) is 90.1 Å². The van der Waals surface area contributed by atoms with Gasteiger partial charge in [-0.05, 0) is 36.2 Å². The topological polar surface area (TPSA) is 63.5 Å². The normalized spacial score (nSPS) is 14.0. The molecule has 1 aliphatic rings. The molecule has 1 amide bonds. The smallest absolute Gasteiger partial charge is 0.222 e. The first-order valence-corrected chi connectivity index (χ1v) is 14.0. The number of rotatable bonds is 10. The number of carbonyl (C=O) groups excluding carboxylic acids is 1. The molecule has 0 N–H and O–H groups in total. The Kier molecular flexibility index (Phi) is 8.73. The summed E-state index contributed by atoms with van der Waals surface area (Å²) in [6, 6.07) is 28.5. The Hall–Kier alpha value is -3.62. The standard InChI is InChI=1S/C30H33N5O2S/c1-37-27-15-8-12-25(22-27)29-31-32-30(35(29)26-13-6-3-7-14-26)38-21-9-16-28(36)34-19-17-33(18-20-34)23-24-10-4-2-5-11-24/h2-8,10-15,22H,9,16-21,23H2,1H3. The van der Waals surface area contributed by atoms with Crippen molar-refractivity contribution in [3.05, 3.63) is 90.5 Å². The largest absolute Gasteiger partial charge is 0.497 e. The van der Waals surface area contributed by atoms with E-state index in [2.05, 4.69) is 56.1 Å². The molecule has 0 bridgehead atoms. The van der Waals surface area contributed by atoms with Crippen LogP contribution >= 0.6 is 11.8 Å². The van der Waals surface area contributed by atoms with Crippen molar-refractivity contribution < 1.29 is 9.53 Å². The molecule has 0 radical (unpaired) electrons. The van der Waals surface area contributed by atoms with Crippen LogP contribution in [0.5, 0.6) is 5.75 Å². The summed E-state index contributed by atoms with van der Waals surface area (Å²) in [5.41, 5.74) is 3.26. The quantitative estimate of drug-likeness (QED) is 0.210. The van der Waals surface area contributed by atoms with Gasteiger partial charge in [-0.25, -0.2) is 0 Å². The van der Waals surface area contributed by atoms with E-state index >= 15 is 0 Å². The second-order valence-electron chi connectivity index (χ2n) is 9.30. The van der Waals surface area contributed by atoms with Gasteiger partial charge in [-0.2, -0.15) is 0 Å². The first-order chi connectivity index (χ1) is 18.7. The fraction of sp³-hybridized carbons (Fsp3) is 0.300. The minimum atomic E-state index is 0.242. The molecule has 5 rings (SSSR count). The van der Waals surface area contributed by atoms with Gasteiger partial charge in [-0.15, -0.1) is 10.2 Å². The fourth-order valence-electron chi connectivity index (χ4n) is 4.66. The first kappa shape index (κ1) is 26.0. The first-order valence-electron chi connectivity index (χ1n) is 13.0. The molecule has 0 atom stereocenters. The second kappa shape index (κ2) is 12.8. The van der Waals surface area contributed by atoms with Crippen molar-refractivity contribution in [3.63, 3.8) is 0 Å². The summed E-state index contributed by atoms with van der Waals surface area (Å²) in [5, 5.41) is 9.84. The SMILES string of the molecule is COc1cccc(-c2nnc(SCCCC(=O)N3CCN(Cc4ccccc4)CC3)n2-c2ccccc2)c1. The van der Waals surface area contributed by atoms with Gasteiger partial charge in [0.1, 0.15) is 5.75 Å². The number of thioether (sulfide) groups is 1. The van der Waals surface area contributed by atoms with Gasteiger partial charge in [0.25, 0.3) is 0 Å². The number of ether oxygens (including phenoxy) is 1. The Labute approximate surface area is 228 Å². The summed E-state index contributed by atoms with van der Waals surface area (Å²) in [7, 11) is 1.66. The third-order valence-electron chi connectivity index (χ3n) is 6.72. The van der Waals surface area contributed by atoms with E-state index in [1.54, 1.807) is 18.9 Å². The van der Waals surface area contributed by atoms with Crippen LogP contribution in [-0.4, -0.2) is 69.5 Å². The Bertz CT molecular complexity index is 1320. The van der Waals surface area contributed by atoms with E-state index in [1.807, 2.05) is 53.4 Å². The highest BCUT2D eigenvalue weighted by Gasteiger charge is 2.21. The molecule has 1 fully saturated rings. The lowest BCUT2D eigenvalue weighted by Crippen LogP contribution is -2.48. The predicted molar refractivity (Wildman–Crippen MR) is 152 cm³/mol. The number of nitrogens with zero attached hydrogens (tertiary/aromatic N) is 5. The Morgan fingerprint density at radius 3 is 2.37 bits per heavy atom. The predicted octanol–water partition coefficient (Wildman–Crippen LogP) is 5.16. The van der Waals surface area contributed by atoms with Crippen molar-refractivity contribution in [2.75, 3.05) is 39.0 Å². The number of benzene rings is 3. The Morgan fingerprint density at radius 1 is 0.895 bits per heavy atom. The van der Waals surface area contributed by atoms with Crippen LogP contribution in [0.3, 0.4) is 0 Å². The zero-order chi connectivity index (χ0) is 26.2. The van der Waals surface area contributed by atoms with Gasteiger partial charge in [0.15, 0.2) is 11.0 Å². The lowest BCUT2D eigenvalue weighted by atomic mass is 10.2. The molecule has 7 nitrogen and oxygen atoms in total. The summed E-state index contributed by atoms with van der Waals surface area (Å²) >= 11 is 1.64. The van der Waals surface area contributed by atoms with E-state index in [-0.39, 0.29) is 5.91 Å². The number of para-hydroxylation sites is 1. The third-order valence-corrected chi connectivity index (χ3v) is 7.73. The molecule has 4 aromatic rings. The van der Waals surface area contributed by atoms with Gasteiger partial charge in [0.2, 0.25) is 5.91 Å². The van der Waals surface area contributed by atoms with Gasteiger partial charge in [-0.1, -0.05) is 72.4 Å². The molecular weight excluding hydrogens is 494 g/mol. The molecule has 0 aliphatic carbocycles. The van der Waals surface area contributed by atoms with Crippen LogP contribution in [0.25, 0.3) is 17.1 Å². The molecule has 8 heteroatoms. The van der Waals surface area contributed by atoms with Crippen LogP contribution in [0.1, 0.15) is 18.4 Å². The lowest BCUT2D eigenvalue weighted by Gasteiger charge is -2.34. The number of methoxy groups -OCH3 is 1. The lowest BCUT2D eigenvalue weighted by molar-refractivity contribution is -0.133. The van der Waals surface area contributed by atoms with E-state index in [0.29, 0.717) is 6.42 Å². The molecule has 38 heavy (non-hydrogen) atoms. The molecule has 1 aliphatic heterocycles. The van der Waals surface area contributed by atoms with Gasteiger partial charge >= 0.3 is 0 Å². The molecular formula is C30H33N5O2S. The maximum absolute atomic E-state index is 12.9. The second-order valence-corrected chi connectivity index (χ2v) is 10.4. The van der Waals surface area contributed by atoms with Crippen molar-refractivity contribution in [2.45, 2.75) is 24.5 Å². The van der Waals surface area contributed by atoms with Crippen molar-refractivity contribution in [1.29, 1.82) is 0 Å². The van der Waals surface area contributed by atoms with E-state index in [1.165, 1.54) is 5.56 Å². The average molecular weight is 528 g/mol. The molecule has 196 valence electrons. The number of carbonyl (C=O) groups is 1. The molecule has 0 spiro atoms. The highest BCUT2D eigenvalue weighted by Crippen LogP contribution is 2.30. The van der Waals surface area contributed by atoms with E-state index in [0.717, 1.165) is 72.9 Å². The molecule has 1 saturated heterocycles. The van der Waals surface area contributed by atoms with Gasteiger partial charge < -0.3 is 9.64 Å². The zero-order valence-corrected chi connectivity index (χ0v) is 22.5. The monoisotopic (exact) mass is 527 g/mol. The number of piperazine rings is 1. The minimum absolute atomic E-state index is 0.242. The minimum Gasteiger partial charge on any atom is -0.497 e. The Balaban J connectivity index is 1.16. The van der Waals surface area contributed by atoms with E-state index in [4.69, 9.17) is 4.74 Å². The summed E-state index contributed by atoms with van der Waals surface area (Å²) in [6.07, 6.45) is 1.35. The molecule has 1 aromatic heterocycles. The molecule has 0 unspecified atom stereocenters. The number of hydrogen-bond donors (Lipinski definition) is 0. The van der Waals surface area contributed by atoms with E-state index < -0.39 is 0 Å². The number of hydrogen-bond acceptors (Lipinski definition) is 6. The maximum Gasteiger partial charge on any atom is 0.222 e. The highest BCUT2D eigenvalue weighted by molar-refractivity contribution is 7.99. The average Bonchev–Trinajstić information content (AvgIpc) is 3.40. The van der Waals surface area contributed by atoms with Crippen LogP contribution in [0.4, 0.5) is 0 Å². The van der Waals surface area contributed by atoms with E-state index in [9.17, 15) is 4.79 Å². The van der Waals surface area contributed by atoms with Gasteiger partial charge in [-0.3, -0.25) is 14.3 Å². The summed E-state index contributed by atoms with van der Waals surface area (Å²) in [6.45, 7) is 4.38. The van der Waals surface area contributed by atoms with Gasteiger partial charge in [0, 0.05) is 56.1 Å². The summed E-state index contributed by atoms with van der Waals surface area (Å²) < 4.78 is 7.49. The number of aromatic nitrogens is 3. The molecule has 3 aromatic carbocycles. The maximum atomic E-state index is 12.9. The highest BCUT2D eigenvalue weighted by atomic mass is 32.2. The summed E-state index contributed by atoms with van der Waals surface area (Å²) in [5.74, 6) is 2.58. The van der Waals surface area contributed by atoms with Crippen molar-refractivity contribution in [1.82, 2.24) is 24.6 Å². The Morgan fingerprint density at radius 2 is 1.63 bits per heavy atom. The van der Waals surface area contributed by atoms with Crippen molar-refractivity contribution in [3.8, 4) is 22.8 Å². The molecule has 0 saturated carbocycles. The van der Waals surface area contributed by atoms with Crippen molar-refractivity contribution in [2.24, 2.45) is 0 Å². The van der Waals surface area contributed by atoms with Crippen LogP contribution in [0.2, 0.25) is 0 Å². The third kappa shape index (κ3) is 6.44. The van der Waals surface area contributed by atoms with Crippen molar-refractivity contribution >= 4 is 17.7 Å². The van der Waals surface area contributed by atoms with Crippen LogP contribution in [-0.2, 0) is 11.3 Å². The summed E-state index contributed by atoms with van der Waals surface area (Å²) in [4.78, 5) is 17.3. The number of amides is 1. The van der Waals surface area contributed by atoms with Crippen LogP contribution in [0, 0.1) is 0 Å². The zero-order valence-electron chi connectivity index (χ0n) is 21.7. The van der Waals surface area contributed by atoms with Gasteiger partial charge in [0.05, 0.1) is 7.11 Å². The van der Waals surface area contributed by atoms with Crippen LogP contribution < -0.4 is 4.74 Å².